The molecule has 0 radical (unpaired) electrons. The average molecular weight is 1960 g/mol. The Morgan fingerprint density at radius 3 is 1.06 bits per heavy atom. The number of H-pyrrole nitrogens is 1. The lowest BCUT2D eigenvalue weighted by Gasteiger charge is -2.42. The quantitative estimate of drug-likeness (QED) is 0.0301. The smallest absolute Gasteiger partial charge is 0.410 e. The van der Waals surface area contributed by atoms with Crippen molar-refractivity contribution in [3.05, 3.63) is 109 Å². The molecule has 1 aromatic heterocycles. The predicted molar refractivity (Wildman–Crippen MR) is 473 cm³/mol. The van der Waals surface area contributed by atoms with Gasteiger partial charge in [-0.25, -0.2) is 38.5 Å². The van der Waals surface area contributed by atoms with Crippen LogP contribution < -0.4 is 31.9 Å². The molecule has 0 saturated carbocycles. The Balaban J connectivity index is 0.000000308. The molecule has 696 valence electrons. The lowest BCUT2D eigenvalue weighted by Crippen LogP contribution is -2.65. The number of ketones is 2. The topological polar surface area (TPSA) is 464 Å². The van der Waals surface area contributed by atoms with E-state index in [4.69, 9.17) is 28.8 Å². The van der Waals surface area contributed by atoms with Gasteiger partial charge in [0.05, 0.1) is 72.5 Å². The lowest BCUT2D eigenvalue weighted by atomic mass is 10.0. The van der Waals surface area contributed by atoms with Crippen molar-refractivity contribution in [1.29, 1.82) is 0 Å². The van der Waals surface area contributed by atoms with Gasteiger partial charge in [0.2, 0.25) is 29.5 Å². The number of aromatic amines is 1. The highest BCUT2D eigenvalue weighted by molar-refractivity contribution is 9.11. The molecular formula is C85H122Br3N15O23. The lowest BCUT2D eigenvalue weighted by molar-refractivity contribution is -0.146. The monoisotopic (exact) mass is 1960 g/mol. The van der Waals surface area contributed by atoms with Gasteiger partial charge in [-0.2, -0.15) is 0 Å². The van der Waals surface area contributed by atoms with Crippen molar-refractivity contribution in [2.75, 3.05) is 113 Å². The highest BCUT2D eigenvalue weighted by atomic mass is 79.9. The molecule has 5 heterocycles. The zero-order valence-electron chi connectivity index (χ0n) is 75.3. The van der Waals surface area contributed by atoms with Gasteiger partial charge < -0.3 is 109 Å². The van der Waals surface area contributed by atoms with Crippen LogP contribution in [0.5, 0.6) is 0 Å². The molecule has 41 heteroatoms. The minimum Gasteiger partial charge on any atom is -0.480 e. The first kappa shape index (κ1) is 106. The molecule has 3 aromatic carbocycles. The van der Waals surface area contributed by atoms with Crippen LogP contribution in [0.25, 0.3) is 11.3 Å². The van der Waals surface area contributed by atoms with Crippen LogP contribution in [0.15, 0.2) is 92.4 Å². The number of carboxylic acid groups (broad SMARTS) is 1. The van der Waals surface area contributed by atoms with Gasteiger partial charge in [0.25, 0.3) is 0 Å². The molecule has 12 amide bonds. The largest absolute Gasteiger partial charge is 0.480 e. The zero-order valence-corrected chi connectivity index (χ0v) is 80.1. The molecule has 4 aromatic rings. The van der Waals surface area contributed by atoms with E-state index < -0.39 is 137 Å². The number of rotatable bonds is 20. The molecule has 4 fully saturated rings. The van der Waals surface area contributed by atoms with Gasteiger partial charge in [0.15, 0.2) is 11.6 Å². The third-order valence-corrected chi connectivity index (χ3v) is 20.7. The first-order valence-electron chi connectivity index (χ1n) is 40.9. The van der Waals surface area contributed by atoms with E-state index in [9.17, 15) is 71.9 Å². The molecule has 126 heavy (non-hydrogen) atoms. The first-order chi connectivity index (χ1) is 58.6. The van der Waals surface area contributed by atoms with Crippen LogP contribution in [0.3, 0.4) is 0 Å². The number of nitrogens with one attached hydrogen (secondary N) is 7. The molecule has 0 unspecified atom stereocenters. The molecule has 8 N–H and O–H groups in total. The van der Waals surface area contributed by atoms with E-state index in [1.165, 1.54) is 45.8 Å². The van der Waals surface area contributed by atoms with Gasteiger partial charge in [0, 0.05) is 76.9 Å². The number of alkyl carbamates (subject to hydrolysis) is 3. The number of carboxylic acids is 1. The maximum atomic E-state index is 13.7. The standard InChI is InChI=1S/C25H34BrN5O5.2C25H35BrN4O7.C10H18N2O4/c1-15(2)20(29-23(33)35-6)22(32)31-12-11-30(24(34)36-25(3,4)5)14-19(31)21-27-13-18(28-21)16-7-9-17(26)10-8-16;2*1-15(2)20(28-23(34)36-6)22(33)30-12-11-29(24(35)37-25(3,4)5)14-18(30)21(32)27-13-19(31)16-7-9-17(26)10-8-16;1-10(2,3)16-9(15)12-5-4-11-7(6-12)8(13)14/h7-10,13,15,19-20H,11-12,14H2,1-6H3,(H,27,28)(H,29,33);2*7-10,15,18,20H,11-14H2,1-6H3,(H,27,32)(H,28,34);7,11H,4-6H2,1-3H3,(H,13,14)/t19-,20-;2*18-,20-;7-/m0000/s1. The fourth-order valence-electron chi connectivity index (χ4n) is 12.7. The Labute approximate surface area is 760 Å². The molecule has 0 aliphatic carbocycles. The van der Waals surface area contributed by atoms with Crippen LogP contribution in [0.1, 0.15) is 157 Å². The average Bonchev–Trinajstić information content (AvgIpc) is 1.53. The summed E-state index contributed by atoms with van der Waals surface area (Å²) in [6.45, 7) is 33.1. The molecule has 0 bridgehead atoms. The van der Waals surface area contributed by atoms with Crippen LogP contribution >= 0.6 is 47.8 Å². The number of ether oxygens (including phenoxy) is 7. The summed E-state index contributed by atoms with van der Waals surface area (Å²) in [5, 5.41) is 24.5. The molecule has 4 aliphatic heterocycles. The van der Waals surface area contributed by atoms with Crippen molar-refractivity contribution < 1.29 is 110 Å². The molecule has 0 spiro atoms. The maximum Gasteiger partial charge on any atom is 0.410 e. The van der Waals surface area contributed by atoms with E-state index in [1.54, 1.807) is 155 Å². The number of piperazine rings is 4. The van der Waals surface area contributed by atoms with Crippen molar-refractivity contribution in [3.63, 3.8) is 0 Å². The highest BCUT2D eigenvalue weighted by Gasteiger charge is 2.46. The van der Waals surface area contributed by atoms with E-state index in [0.717, 1.165) is 24.7 Å². The predicted octanol–water partition coefficient (Wildman–Crippen LogP) is 9.77. The van der Waals surface area contributed by atoms with E-state index in [0.29, 0.717) is 36.6 Å². The number of carbonyl (C=O) groups is 15. The second kappa shape index (κ2) is 47.8. The van der Waals surface area contributed by atoms with E-state index in [1.807, 2.05) is 58.9 Å². The van der Waals surface area contributed by atoms with E-state index in [-0.39, 0.29) is 107 Å². The van der Waals surface area contributed by atoms with Gasteiger partial charge >= 0.3 is 48.6 Å². The van der Waals surface area contributed by atoms with Crippen molar-refractivity contribution in [1.82, 2.24) is 76.2 Å². The third kappa shape index (κ3) is 33.9. The van der Waals surface area contributed by atoms with Crippen molar-refractivity contribution >= 4 is 138 Å². The number of benzene rings is 3. The number of aromatic nitrogens is 2. The van der Waals surface area contributed by atoms with Gasteiger partial charge in [-0.3, -0.25) is 38.4 Å². The summed E-state index contributed by atoms with van der Waals surface area (Å²) in [5.41, 5.74) is -0.144. The molecule has 38 nitrogen and oxygen atoms in total. The van der Waals surface area contributed by atoms with Crippen LogP contribution in [-0.4, -0.2) is 311 Å². The summed E-state index contributed by atoms with van der Waals surface area (Å²) in [4.78, 5) is 207. The summed E-state index contributed by atoms with van der Waals surface area (Å²) in [5.74, 6) is -4.31. The Morgan fingerprint density at radius 1 is 0.437 bits per heavy atom. The fraction of sp³-hybridized carbons (Fsp3) is 0.576. The van der Waals surface area contributed by atoms with Crippen LogP contribution in [0.2, 0.25) is 0 Å². The summed E-state index contributed by atoms with van der Waals surface area (Å²) >= 11 is 10.1. The van der Waals surface area contributed by atoms with Crippen molar-refractivity contribution in [2.24, 2.45) is 17.8 Å². The third-order valence-electron chi connectivity index (χ3n) is 19.1. The Bertz CT molecular complexity index is 4270. The van der Waals surface area contributed by atoms with Crippen LogP contribution in [0.4, 0.5) is 33.6 Å². The van der Waals surface area contributed by atoms with Gasteiger partial charge in [-0.15, -0.1) is 0 Å². The number of nitrogens with zero attached hydrogens (tertiary/aromatic N) is 8. The SMILES string of the molecule is CC(C)(C)OC(=O)N1CCN[C@H](C(=O)O)C1.COC(=O)N[C@H](C(=O)N1CCN(C(=O)OC(C)(C)C)C[C@H]1C(=O)NCC(=O)c1ccc(Br)cc1)C(C)C.COC(=O)N[C@H](C(=O)N1CCN(C(=O)OC(C)(C)C)C[C@H]1C(=O)NCC(=O)c1ccc(Br)cc1)C(C)C.COC(=O)N[C@H](C(=O)N1CCN(C(=O)OC(C)(C)C)C[C@H]1c1ncc(-c2ccc(Br)cc2)[nH]1)C(C)C. The minimum absolute atomic E-state index is 0.0306. The van der Waals surface area contributed by atoms with Crippen LogP contribution in [0, 0.1) is 17.8 Å². The summed E-state index contributed by atoms with van der Waals surface area (Å²) in [6, 6.07) is 15.0. The molecule has 8 rings (SSSR count). The normalized spacial score (nSPS) is 17.4. The number of methoxy groups -OCH3 is 3. The number of hydrogen-bond acceptors (Lipinski definition) is 24. The van der Waals surface area contributed by atoms with E-state index >= 15 is 0 Å². The second-order valence-electron chi connectivity index (χ2n) is 34.8. The molecule has 7 atom stereocenters. The van der Waals surface area contributed by atoms with Gasteiger partial charge in [-0.05, 0) is 143 Å². The van der Waals surface area contributed by atoms with Crippen molar-refractivity contribution in [3.8, 4) is 11.3 Å². The number of carbonyl (C=O) groups excluding carboxylic acids is 14. The summed E-state index contributed by atoms with van der Waals surface area (Å²) < 4.78 is 38.2. The minimum atomic E-state index is -1.10. The number of hydrogen-bond donors (Lipinski definition) is 8. The van der Waals surface area contributed by atoms with Gasteiger partial charge in [0.1, 0.15) is 70.5 Å². The number of amides is 12. The maximum absolute atomic E-state index is 13.7. The highest BCUT2D eigenvalue weighted by Crippen LogP contribution is 2.31. The Morgan fingerprint density at radius 2 is 0.746 bits per heavy atom. The summed E-state index contributed by atoms with van der Waals surface area (Å²) in [6.07, 6.45) is -2.66. The number of aliphatic carboxylic acids is 1. The van der Waals surface area contributed by atoms with Crippen molar-refractivity contribution in [2.45, 2.75) is 189 Å². The number of halogens is 3. The van der Waals surface area contributed by atoms with E-state index in [2.05, 4.69) is 99.1 Å². The second-order valence-corrected chi connectivity index (χ2v) is 37.5. The molecule has 4 saturated heterocycles. The van der Waals surface area contributed by atoms with Crippen LogP contribution in [-0.2, 0) is 61.9 Å². The summed E-state index contributed by atoms with van der Waals surface area (Å²) in [7, 11) is 3.64. The fourth-order valence-corrected chi connectivity index (χ4v) is 13.5. The Hall–Kier alpha value is -10.7. The molecule has 4 aliphatic rings. The molecular weight excluding hydrogens is 1840 g/mol. The zero-order chi connectivity index (χ0) is 94.8. The number of imidazole rings is 1. The first-order valence-corrected chi connectivity index (χ1v) is 43.3. The Kier molecular flexibility index (Phi) is 40.1. The number of Topliss-reactive ketones (excluding diaryl/α,β-unsaturated/α-hetero) is 2. The van der Waals surface area contributed by atoms with Gasteiger partial charge in [-0.1, -0.05) is 126 Å².